The number of aromatic amines is 1. The Kier molecular flexibility index (Phi) is 2.25. The van der Waals surface area contributed by atoms with Crippen molar-refractivity contribution in [2.24, 2.45) is 5.92 Å². The Morgan fingerprint density at radius 3 is 3.00 bits per heavy atom. The second-order valence-electron chi connectivity index (χ2n) is 2.53. The summed E-state index contributed by atoms with van der Waals surface area (Å²) in [5.41, 5.74) is -0.168. The second-order valence-corrected chi connectivity index (χ2v) is 2.53. The van der Waals surface area contributed by atoms with Crippen LogP contribution in [0.4, 0.5) is 0 Å². The molecule has 1 rings (SSSR count). The van der Waals surface area contributed by atoms with Crippen molar-refractivity contribution in [3.05, 3.63) is 22.9 Å². The molecule has 4 heteroatoms. The van der Waals surface area contributed by atoms with E-state index in [1.165, 1.54) is 4.57 Å². The zero-order valence-corrected chi connectivity index (χ0v) is 6.28. The molecule has 0 bridgehead atoms. The lowest BCUT2D eigenvalue weighted by Gasteiger charge is -2.01. The number of aldehydes is 1. The van der Waals surface area contributed by atoms with Gasteiger partial charge in [0.15, 0.2) is 0 Å². The molecule has 1 heterocycles. The third kappa shape index (κ3) is 1.80. The Morgan fingerprint density at radius 2 is 2.55 bits per heavy atom. The highest BCUT2D eigenvalue weighted by Crippen LogP contribution is 1.92. The molecule has 0 amide bonds. The zero-order chi connectivity index (χ0) is 8.27. The van der Waals surface area contributed by atoms with Crippen molar-refractivity contribution in [2.45, 2.75) is 13.5 Å². The molecule has 4 nitrogen and oxygen atoms in total. The fourth-order valence-corrected chi connectivity index (χ4v) is 0.846. The van der Waals surface area contributed by atoms with Crippen LogP contribution < -0.4 is 5.69 Å². The van der Waals surface area contributed by atoms with Gasteiger partial charge in [-0.05, 0) is 0 Å². The van der Waals surface area contributed by atoms with E-state index < -0.39 is 0 Å². The van der Waals surface area contributed by atoms with Gasteiger partial charge in [-0.2, -0.15) is 0 Å². The van der Waals surface area contributed by atoms with Crippen LogP contribution in [0.15, 0.2) is 17.2 Å². The SMILES string of the molecule is CC(C=O)Cn1cc[nH]c1=O. The van der Waals surface area contributed by atoms with Crippen LogP contribution in [0.1, 0.15) is 6.92 Å². The fourth-order valence-electron chi connectivity index (χ4n) is 0.846. The van der Waals surface area contributed by atoms with Crippen LogP contribution in [0.5, 0.6) is 0 Å². The number of carbonyl (C=O) groups excluding carboxylic acids is 1. The van der Waals surface area contributed by atoms with E-state index in [1.807, 2.05) is 0 Å². The standard InChI is InChI=1S/C7H10N2O2/c1-6(5-10)4-9-3-2-8-7(9)11/h2-3,5-6H,4H2,1H3,(H,8,11). The van der Waals surface area contributed by atoms with Crippen LogP contribution in [-0.4, -0.2) is 15.8 Å². The van der Waals surface area contributed by atoms with Gasteiger partial charge in [0.2, 0.25) is 0 Å². The number of imidazole rings is 1. The molecule has 0 saturated heterocycles. The van der Waals surface area contributed by atoms with Gasteiger partial charge < -0.3 is 9.78 Å². The number of hydrogen-bond acceptors (Lipinski definition) is 2. The topological polar surface area (TPSA) is 54.9 Å². The van der Waals surface area contributed by atoms with Crippen molar-refractivity contribution < 1.29 is 4.79 Å². The van der Waals surface area contributed by atoms with Crippen LogP contribution in [0, 0.1) is 5.92 Å². The third-order valence-electron chi connectivity index (χ3n) is 1.44. The molecular formula is C7H10N2O2. The van der Waals surface area contributed by atoms with Crippen molar-refractivity contribution in [1.29, 1.82) is 0 Å². The molecule has 1 N–H and O–H groups in total. The van der Waals surface area contributed by atoms with Gasteiger partial charge in [-0.3, -0.25) is 4.57 Å². The van der Waals surface area contributed by atoms with Crippen molar-refractivity contribution >= 4 is 6.29 Å². The Bertz CT molecular complexity index is 287. The van der Waals surface area contributed by atoms with Crippen LogP contribution in [0.25, 0.3) is 0 Å². The maximum atomic E-state index is 10.9. The average molecular weight is 154 g/mol. The van der Waals surface area contributed by atoms with Crippen LogP contribution >= 0.6 is 0 Å². The maximum absolute atomic E-state index is 10.9. The predicted molar refractivity (Wildman–Crippen MR) is 40.3 cm³/mol. The molecule has 0 fully saturated rings. The minimum absolute atomic E-state index is 0.108. The summed E-state index contributed by atoms with van der Waals surface area (Å²) in [5.74, 6) is -0.108. The summed E-state index contributed by atoms with van der Waals surface area (Å²) in [6, 6.07) is 0. The molecule has 1 atom stereocenters. The first-order chi connectivity index (χ1) is 5.24. The zero-order valence-electron chi connectivity index (χ0n) is 6.28. The van der Waals surface area contributed by atoms with E-state index >= 15 is 0 Å². The molecular weight excluding hydrogens is 144 g/mol. The van der Waals surface area contributed by atoms with Gasteiger partial charge in [0.25, 0.3) is 0 Å². The molecule has 1 aromatic heterocycles. The summed E-state index contributed by atoms with van der Waals surface area (Å²) in [5, 5.41) is 0. The summed E-state index contributed by atoms with van der Waals surface area (Å²) in [6.07, 6.45) is 4.02. The summed E-state index contributed by atoms with van der Waals surface area (Å²) in [6.45, 7) is 2.22. The molecule has 60 valence electrons. The van der Waals surface area contributed by atoms with Gasteiger partial charge in [-0.25, -0.2) is 4.79 Å². The van der Waals surface area contributed by atoms with E-state index in [2.05, 4.69) is 4.98 Å². The largest absolute Gasteiger partial charge is 0.325 e. The quantitative estimate of drug-likeness (QED) is 0.623. The number of rotatable bonds is 3. The molecule has 0 aromatic carbocycles. The Hall–Kier alpha value is -1.32. The van der Waals surface area contributed by atoms with E-state index in [4.69, 9.17) is 0 Å². The van der Waals surface area contributed by atoms with Gasteiger partial charge in [0.1, 0.15) is 6.29 Å². The molecule has 0 spiro atoms. The number of nitrogens with zero attached hydrogens (tertiary/aromatic N) is 1. The van der Waals surface area contributed by atoms with Gasteiger partial charge in [0.05, 0.1) is 0 Å². The smallest absolute Gasteiger partial charge is 0.313 e. The van der Waals surface area contributed by atoms with Crippen molar-refractivity contribution in [3.63, 3.8) is 0 Å². The highest BCUT2D eigenvalue weighted by Gasteiger charge is 2.01. The predicted octanol–water partition coefficient (Wildman–Crippen LogP) is 0.0114. The molecule has 0 radical (unpaired) electrons. The minimum Gasteiger partial charge on any atom is -0.313 e. The minimum atomic E-state index is -0.168. The number of hydrogen-bond donors (Lipinski definition) is 1. The lowest BCUT2D eigenvalue weighted by Crippen LogP contribution is -2.20. The lowest BCUT2D eigenvalue weighted by atomic mass is 10.2. The molecule has 0 aliphatic rings. The van der Waals surface area contributed by atoms with Gasteiger partial charge >= 0.3 is 5.69 Å². The lowest BCUT2D eigenvalue weighted by molar-refractivity contribution is -0.111. The highest BCUT2D eigenvalue weighted by molar-refractivity contribution is 5.52. The van der Waals surface area contributed by atoms with E-state index in [0.29, 0.717) is 6.54 Å². The Balaban J connectivity index is 2.71. The van der Waals surface area contributed by atoms with Gasteiger partial charge in [0, 0.05) is 24.9 Å². The molecule has 11 heavy (non-hydrogen) atoms. The molecule has 1 unspecified atom stereocenters. The summed E-state index contributed by atoms with van der Waals surface area (Å²) in [7, 11) is 0. The van der Waals surface area contributed by atoms with Crippen LogP contribution in [-0.2, 0) is 11.3 Å². The number of aromatic nitrogens is 2. The Labute approximate surface area is 63.9 Å². The molecule has 0 aliphatic heterocycles. The van der Waals surface area contributed by atoms with Crippen molar-refractivity contribution in [3.8, 4) is 0 Å². The first kappa shape index (κ1) is 7.78. The third-order valence-corrected chi connectivity index (χ3v) is 1.44. The first-order valence-corrected chi connectivity index (χ1v) is 3.43. The van der Waals surface area contributed by atoms with E-state index in [0.717, 1.165) is 6.29 Å². The molecule has 0 saturated carbocycles. The van der Waals surface area contributed by atoms with Gasteiger partial charge in [-0.15, -0.1) is 0 Å². The summed E-state index contributed by atoms with van der Waals surface area (Å²) < 4.78 is 1.47. The second kappa shape index (κ2) is 3.18. The van der Waals surface area contributed by atoms with E-state index in [1.54, 1.807) is 19.3 Å². The summed E-state index contributed by atoms with van der Waals surface area (Å²) in [4.78, 5) is 23.6. The normalized spacial score (nSPS) is 12.8. The fraction of sp³-hybridized carbons (Fsp3) is 0.429. The van der Waals surface area contributed by atoms with Crippen LogP contribution in [0.2, 0.25) is 0 Å². The summed E-state index contributed by atoms with van der Waals surface area (Å²) >= 11 is 0. The van der Waals surface area contributed by atoms with E-state index in [-0.39, 0.29) is 11.6 Å². The highest BCUT2D eigenvalue weighted by atomic mass is 16.1. The van der Waals surface area contributed by atoms with Crippen molar-refractivity contribution in [2.75, 3.05) is 0 Å². The number of carbonyl (C=O) groups is 1. The Morgan fingerprint density at radius 1 is 1.82 bits per heavy atom. The maximum Gasteiger partial charge on any atom is 0.325 e. The van der Waals surface area contributed by atoms with Crippen molar-refractivity contribution in [1.82, 2.24) is 9.55 Å². The number of nitrogens with one attached hydrogen (secondary N) is 1. The first-order valence-electron chi connectivity index (χ1n) is 3.43. The molecule has 1 aromatic rings. The monoisotopic (exact) mass is 154 g/mol. The van der Waals surface area contributed by atoms with Crippen LogP contribution in [0.3, 0.4) is 0 Å². The average Bonchev–Trinajstić information content (AvgIpc) is 2.37. The molecule has 0 aliphatic carbocycles. The number of H-pyrrole nitrogens is 1. The van der Waals surface area contributed by atoms with Gasteiger partial charge in [-0.1, -0.05) is 6.92 Å². The van der Waals surface area contributed by atoms with E-state index in [9.17, 15) is 9.59 Å².